The SMILES string of the molecule is CC1=CCC(CCCCC2CCC(C3CCC(C)CC3)C(C)C2)CC1. The summed E-state index contributed by atoms with van der Waals surface area (Å²) in [6.45, 7) is 7.36. The van der Waals surface area contributed by atoms with Crippen LogP contribution in [0.1, 0.15) is 111 Å². The lowest BCUT2D eigenvalue weighted by Crippen LogP contribution is -2.31. The van der Waals surface area contributed by atoms with Gasteiger partial charge in [0.05, 0.1) is 0 Å². The molecule has 3 aliphatic carbocycles. The molecule has 25 heavy (non-hydrogen) atoms. The van der Waals surface area contributed by atoms with Crippen LogP contribution in [0.5, 0.6) is 0 Å². The first kappa shape index (κ1) is 19.5. The quantitative estimate of drug-likeness (QED) is 0.336. The fourth-order valence-electron chi connectivity index (χ4n) is 6.36. The molecule has 0 aromatic rings. The first-order valence-electron chi connectivity index (χ1n) is 11.8. The highest BCUT2D eigenvalue weighted by molar-refractivity contribution is 5.02. The number of unbranched alkanes of at least 4 members (excludes halogenated alkanes) is 1. The molecule has 4 atom stereocenters. The first-order chi connectivity index (χ1) is 12.1. The van der Waals surface area contributed by atoms with E-state index in [4.69, 9.17) is 0 Å². The molecule has 0 amide bonds. The molecule has 4 unspecified atom stereocenters. The Balaban J connectivity index is 1.30. The van der Waals surface area contributed by atoms with E-state index in [1.54, 1.807) is 24.8 Å². The van der Waals surface area contributed by atoms with Gasteiger partial charge in [0.25, 0.3) is 0 Å². The van der Waals surface area contributed by atoms with E-state index in [2.05, 4.69) is 26.8 Å². The smallest absolute Gasteiger partial charge is 0.0320 e. The van der Waals surface area contributed by atoms with Crippen LogP contribution in [-0.2, 0) is 0 Å². The van der Waals surface area contributed by atoms with Crippen LogP contribution < -0.4 is 0 Å². The van der Waals surface area contributed by atoms with Crippen LogP contribution in [-0.4, -0.2) is 0 Å². The highest BCUT2D eigenvalue weighted by Crippen LogP contribution is 2.45. The van der Waals surface area contributed by atoms with E-state index in [1.165, 1.54) is 70.6 Å². The second-order valence-corrected chi connectivity index (χ2v) is 10.3. The number of allylic oxidation sites excluding steroid dienone is 2. The predicted molar refractivity (Wildman–Crippen MR) is 111 cm³/mol. The van der Waals surface area contributed by atoms with Crippen molar-refractivity contribution in [2.24, 2.45) is 35.5 Å². The molecule has 0 bridgehead atoms. The van der Waals surface area contributed by atoms with Crippen LogP contribution in [0.15, 0.2) is 11.6 Å². The Labute approximate surface area is 158 Å². The molecule has 0 spiro atoms. The molecule has 144 valence electrons. The van der Waals surface area contributed by atoms with Crippen molar-refractivity contribution in [2.45, 2.75) is 111 Å². The molecule has 0 saturated heterocycles. The van der Waals surface area contributed by atoms with Gasteiger partial charge in [0.15, 0.2) is 0 Å². The molecular weight excluding hydrogens is 300 g/mol. The first-order valence-corrected chi connectivity index (χ1v) is 11.8. The number of hydrogen-bond donors (Lipinski definition) is 0. The van der Waals surface area contributed by atoms with Gasteiger partial charge >= 0.3 is 0 Å². The van der Waals surface area contributed by atoms with E-state index < -0.39 is 0 Å². The Bertz CT molecular complexity index is 412. The van der Waals surface area contributed by atoms with Crippen molar-refractivity contribution in [1.82, 2.24) is 0 Å². The maximum atomic E-state index is 2.59. The molecule has 0 aliphatic heterocycles. The van der Waals surface area contributed by atoms with Gasteiger partial charge in [-0.2, -0.15) is 0 Å². The summed E-state index contributed by atoms with van der Waals surface area (Å²) in [5.41, 5.74) is 1.63. The van der Waals surface area contributed by atoms with Gasteiger partial charge in [0.2, 0.25) is 0 Å². The van der Waals surface area contributed by atoms with Gasteiger partial charge in [-0.05, 0) is 87.4 Å². The minimum Gasteiger partial charge on any atom is -0.0853 e. The normalized spacial score (nSPS) is 39.9. The zero-order valence-electron chi connectivity index (χ0n) is 17.4. The van der Waals surface area contributed by atoms with Crippen LogP contribution in [0.2, 0.25) is 0 Å². The highest BCUT2D eigenvalue weighted by atomic mass is 14.4. The molecule has 0 nitrogen and oxygen atoms in total. The summed E-state index contributed by atoms with van der Waals surface area (Å²) in [6, 6.07) is 0. The van der Waals surface area contributed by atoms with Crippen LogP contribution in [0.25, 0.3) is 0 Å². The van der Waals surface area contributed by atoms with E-state index in [-0.39, 0.29) is 0 Å². The van der Waals surface area contributed by atoms with E-state index in [9.17, 15) is 0 Å². The van der Waals surface area contributed by atoms with Crippen LogP contribution >= 0.6 is 0 Å². The molecule has 0 heteroatoms. The number of rotatable bonds is 6. The van der Waals surface area contributed by atoms with E-state index >= 15 is 0 Å². The van der Waals surface area contributed by atoms with Gasteiger partial charge < -0.3 is 0 Å². The fraction of sp³-hybridized carbons (Fsp3) is 0.920. The van der Waals surface area contributed by atoms with Crippen molar-refractivity contribution in [2.75, 3.05) is 0 Å². The highest BCUT2D eigenvalue weighted by Gasteiger charge is 2.34. The summed E-state index contributed by atoms with van der Waals surface area (Å²) in [4.78, 5) is 0. The Morgan fingerprint density at radius 2 is 1.56 bits per heavy atom. The molecule has 2 saturated carbocycles. The van der Waals surface area contributed by atoms with Gasteiger partial charge in [0, 0.05) is 0 Å². The lowest BCUT2D eigenvalue weighted by molar-refractivity contribution is 0.0956. The van der Waals surface area contributed by atoms with Gasteiger partial charge in [0.1, 0.15) is 0 Å². The van der Waals surface area contributed by atoms with E-state index in [0.29, 0.717) is 0 Å². The zero-order chi connectivity index (χ0) is 17.6. The van der Waals surface area contributed by atoms with Crippen molar-refractivity contribution < 1.29 is 0 Å². The lowest BCUT2D eigenvalue weighted by atomic mass is 9.64. The Hall–Kier alpha value is -0.260. The molecule has 0 aromatic heterocycles. The zero-order valence-corrected chi connectivity index (χ0v) is 17.4. The molecule has 2 fully saturated rings. The van der Waals surface area contributed by atoms with Crippen molar-refractivity contribution >= 4 is 0 Å². The Kier molecular flexibility index (Phi) is 7.50. The van der Waals surface area contributed by atoms with Crippen LogP contribution in [0.4, 0.5) is 0 Å². The second-order valence-electron chi connectivity index (χ2n) is 10.3. The Morgan fingerprint density at radius 1 is 0.840 bits per heavy atom. The van der Waals surface area contributed by atoms with E-state index in [1.807, 2.05) is 0 Å². The minimum atomic E-state index is 1.00. The summed E-state index contributed by atoms with van der Waals surface area (Å²) in [5, 5.41) is 0. The largest absolute Gasteiger partial charge is 0.0853 e. The summed E-state index contributed by atoms with van der Waals surface area (Å²) in [6.07, 6.45) is 23.5. The molecule has 0 N–H and O–H groups in total. The topological polar surface area (TPSA) is 0 Å². The summed E-state index contributed by atoms with van der Waals surface area (Å²) in [5.74, 6) is 6.22. The third-order valence-corrected chi connectivity index (χ3v) is 8.23. The van der Waals surface area contributed by atoms with Gasteiger partial charge in [-0.15, -0.1) is 0 Å². The summed E-state index contributed by atoms with van der Waals surface area (Å²) >= 11 is 0. The standard InChI is InChI=1S/C25H44/c1-19-8-12-22(13-9-19)6-4-5-7-23-14-17-25(21(3)18-23)24-15-10-20(2)11-16-24/h8,20-25H,4-7,9-18H2,1-3H3. The lowest BCUT2D eigenvalue weighted by Gasteiger charge is -2.41. The van der Waals surface area contributed by atoms with Crippen molar-refractivity contribution in [3.63, 3.8) is 0 Å². The van der Waals surface area contributed by atoms with Crippen LogP contribution in [0.3, 0.4) is 0 Å². The average Bonchev–Trinajstić information content (AvgIpc) is 2.61. The number of hydrogen-bond acceptors (Lipinski definition) is 0. The maximum Gasteiger partial charge on any atom is -0.0320 e. The minimum absolute atomic E-state index is 1.00. The molecule has 3 rings (SSSR count). The molecular formula is C25H44. The van der Waals surface area contributed by atoms with Crippen molar-refractivity contribution in [3.05, 3.63) is 11.6 Å². The van der Waals surface area contributed by atoms with Crippen molar-refractivity contribution in [1.29, 1.82) is 0 Å². The van der Waals surface area contributed by atoms with Crippen molar-refractivity contribution in [3.8, 4) is 0 Å². The van der Waals surface area contributed by atoms with E-state index in [0.717, 1.165) is 35.5 Å². The van der Waals surface area contributed by atoms with Gasteiger partial charge in [-0.3, -0.25) is 0 Å². The van der Waals surface area contributed by atoms with Crippen LogP contribution in [0, 0.1) is 35.5 Å². The molecule has 0 heterocycles. The monoisotopic (exact) mass is 344 g/mol. The third kappa shape index (κ3) is 5.86. The summed E-state index contributed by atoms with van der Waals surface area (Å²) in [7, 11) is 0. The van der Waals surface area contributed by atoms with Gasteiger partial charge in [-0.1, -0.05) is 70.4 Å². The second kappa shape index (κ2) is 9.61. The Morgan fingerprint density at radius 3 is 2.20 bits per heavy atom. The fourth-order valence-corrected chi connectivity index (χ4v) is 6.36. The molecule has 0 aromatic carbocycles. The average molecular weight is 345 g/mol. The predicted octanol–water partition coefficient (Wildman–Crippen LogP) is 8.17. The molecule has 3 aliphatic rings. The molecule has 0 radical (unpaired) electrons. The maximum absolute atomic E-state index is 2.59. The third-order valence-electron chi connectivity index (χ3n) is 8.23. The van der Waals surface area contributed by atoms with Gasteiger partial charge in [-0.25, -0.2) is 0 Å². The summed E-state index contributed by atoms with van der Waals surface area (Å²) < 4.78 is 0.